The third-order valence-electron chi connectivity index (χ3n) is 3.42. The highest BCUT2D eigenvalue weighted by atomic mass is 32.1. The molecule has 2 N–H and O–H groups in total. The normalized spacial score (nSPS) is 11.6. The van der Waals surface area contributed by atoms with Gasteiger partial charge in [0.15, 0.2) is 5.13 Å². The molecule has 4 nitrogen and oxygen atoms in total. The Hall–Kier alpha value is -0.650. The van der Waals surface area contributed by atoms with E-state index >= 15 is 0 Å². The molecule has 0 aliphatic carbocycles. The fourth-order valence-corrected chi connectivity index (χ4v) is 3.43. The molecule has 1 aromatic rings. The van der Waals surface area contributed by atoms with Crippen LogP contribution in [0.15, 0.2) is 0 Å². The number of rotatable bonds is 9. The van der Waals surface area contributed by atoms with Crippen LogP contribution >= 0.6 is 11.3 Å². The number of hydrogen-bond acceptors (Lipinski definition) is 5. The fourth-order valence-electron chi connectivity index (χ4n) is 2.41. The van der Waals surface area contributed by atoms with Crippen LogP contribution in [0, 0.1) is 5.92 Å². The van der Waals surface area contributed by atoms with E-state index in [1.807, 2.05) is 0 Å². The van der Waals surface area contributed by atoms with Crippen molar-refractivity contribution in [3.8, 4) is 0 Å². The molecule has 116 valence electrons. The Labute approximate surface area is 127 Å². The summed E-state index contributed by atoms with van der Waals surface area (Å²) in [6.45, 7) is 11.1. The van der Waals surface area contributed by atoms with Crippen LogP contribution in [0.5, 0.6) is 0 Å². The van der Waals surface area contributed by atoms with Gasteiger partial charge in [0.1, 0.15) is 0 Å². The van der Waals surface area contributed by atoms with Gasteiger partial charge in [0, 0.05) is 31.1 Å². The summed E-state index contributed by atoms with van der Waals surface area (Å²) < 4.78 is 5.23. The number of nitrogens with two attached hydrogens (primary N) is 1. The van der Waals surface area contributed by atoms with Crippen molar-refractivity contribution in [1.29, 1.82) is 0 Å². The lowest BCUT2D eigenvalue weighted by Gasteiger charge is -2.31. The van der Waals surface area contributed by atoms with Gasteiger partial charge in [-0.05, 0) is 18.8 Å². The standard InChI is InChI=1S/C15H29N3OS/c1-6-12(7-2)18(9-11(3)4)15-17-13(10-19-5)14(8-16)20-15/h11-12H,6-10,16H2,1-5H3. The molecule has 0 bridgehead atoms. The summed E-state index contributed by atoms with van der Waals surface area (Å²) >= 11 is 1.72. The van der Waals surface area contributed by atoms with Gasteiger partial charge in [0.05, 0.1) is 12.3 Å². The predicted octanol–water partition coefficient (Wildman–Crippen LogP) is 3.40. The van der Waals surface area contributed by atoms with Crippen LogP contribution in [0.25, 0.3) is 0 Å². The maximum atomic E-state index is 5.83. The first-order valence-corrected chi connectivity index (χ1v) is 8.33. The molecule has 0 fully saturated rings. The van der Waals surface area contributed by atoms with Crippen LogP contribution in [-0.4, -0.2) is 24.7 Å². The van der Waals surface area contributed by atoms with E-state index in [1.165, 1.54) is 0 Å². The number of hydrogen-bond donors (Lipinski definition) is 1. The molecular weight excluding hydrogens is 270 g/mol. The number of thiazole rings is 1. The molecule has 0 aliphatic heterocycles. The van der Waals surface area contributed by atoms with E-state index in [1.54, 1.807) is 18.4 Å². The lowest BCUT2D eigenvalue weighted by atomic mass is 10.1. The van der Waals surface area contributed by atoms with Gasteiger partial charge in [0.25, 0.3) is 0 Å². The Morgan fingerprint density at radius 1 is 1.30 bits per heavy atom. The van der Waals surface area contributed by atoms with E-state index in [2.05, 4.69) is 32.6 Å². The van der Waals surface area contributed by atoms with Crippen LogP contribution in [0.4, 0.5) is 5.13 Å². The predicted molar refractivity (Wildman–Crippen MR) is 87.3 cm³/mol. The number of nitrogens with zero attached hydrogens (tertiary/aromatic N) is 2. The molecule has 0 saturated carbocycles. The quantitative estimate of drug-likeness (QED) is 0.759. The average molecular weight is 299 g/mol. The van der Waals surface area contributed by atoms with Gasteiger partial charge in [-0.2, -0.15) is 0 Å². The molecule has 5 heteroatoms. The molecule has 0 unspecified atom stereocenters. The maximum Gasteiger partial charge on any atom is 0.186 e. The van der Waals surface area contributed by atoms with Crippen molar-refractivity contribution < 1.29 is 4.74 Å². The SMILES string of the molecule is CCC(CC)N(CC(C)C)c1nc(COC)c(CN)s1. The van der Waals surface area contributed by atoms with Gasteiger partial charge in [0.2, 0.25) is 0 Å². The second kappa shape index (κ2) is 8.60. The lowest BCUT2D eigenvalue weighted by molar-refractivity contribution is 0.181. The molecular formula is C15H29N3OS. The van der Waals surface area contributed by atoms with Crippen molar-refractivity contribution in [1.82, 2.24) is 4.98 Å². The Kier molecular flexibility index (Phi) is 7.48. The van der Waals surface area contributed by atoms with E-state index in [0.717, 1.165) is 35.1 Å². The molecule has 1 heterocycles. The summed E-state index contributed by atoms with van der Waals surface area (Å²) in [5.74, 6) is 0.617. The summed E-state index contributed by atoms with van der Waals surface area (Å²) in [5, 5.41) is 1.10. The molecule has 0 atom stereocenters. The van der Waals surface area contributed by atoms with E-state index in [4.69, 9.17) is 15.5 Å². The van der Waals surface area contributed by atoms with Crippen LogP contribution in [0.3, 0.4) is 0 Å². The first kappa shape index (κ1) is 17.4. The van der Waals surface area contributed by atoms with Crippen molar-refractivity contribution in [3.63, 3.8) is 0 Å². The Bertz CT molecular complexity index is 388. The van der Waals surface area contributed by atoms with E-state index < -0.39 is 0 Å². The molecule has 0 spiro atoms. The maximum absolute atomic E-state index is 5.83. The average Bonchev–Trinajstić information content (AvgIpc) is 2.82. The topological polar surface area (TPSA) is 51.4 Å². The Morgan fingerprint density at radius 3 is 2.40 bits per heavy atom. The smallest absolute Gasteiger partial charge is 0.186 e. The third-order valence-corrected chi connectivity index (χ3v) is 4.58. The summed E-state index contributed by atoms with van der Waals surface area (Å²) in [7, 11) is 1.70. The number of anilines is 1. The zero-order chi connectivity index (χ0) is 15.1. The molecule has 0 aliphatic rings. The molecule has 1 aromatic heterocycles. The van der Waals surface area contributed by atoms with Crippen molar-refractivity contribution in [3.05, 3.63) is 10.6 Å². The summed E-state index contributed by atoms with van der Waals surface area (Å²) in [4.78, 5) is 8.37. The van der Waals surface area contributed by atoms with Crippen LogP contribution in [0.1, 0.15) is 51.1 Å². The Morgan fingerprint density at radius 2 is 1.95 bits per heavy atom. The van der Waals surface area contributed by atoms with Gasteiger partial charge in [-0.15, -0.1) is 11.3 Å². The number of methoxy groups -OCH3 is 1. The minimum atomic E-state index is 0.537. The van der Waals surface area contributed by atoms with E-state index in [9.17, 15) is 0 Å². The monoisotopic (exact) mass is 299 g/mol. The fraction of sp³-hybridized carbons (Fsp3) is 0.800. The van der Waals surface area contributed by atoms with Gasteiger partial charge in [-0.3, -0.25) is 0 Å². The molecule has 20 heavy (non-hydrogen) atoms. The lowest BCUT2D eigenvalue weighted by Crippen LogP contribution is -2.37. The van der Waals surface area contributed by atoms with Gasteiger partial charge in [-0.1, -0.05) is 27.7 Å². The van der Waals surface area contributed by atoms with Crippen molar-refractivity contribution >= 4 is 16.5 Å². The number of aromatic nitrogens is 1. The Balaban J connectivity index is 3.05. The van der Waals surface area contributed by atoms with E-state index in [-0.39, 0.29) is 0 Å². The van der Waals surface area contributed by atoms with Crippen molar-refractivity contribution in [2.75, 3.05) is 18.6 Å². The third kappa shape index (κ3) is 4.43. The van der Waals surface area contributed by atoms with Gasteiger partial charge < -0.3 is 15.4 Å². The summed E-state index contributed by atoms with van der Waals surface area (Å²) in [5.41, 5.74) is 6.83. The number of ether oxygens (including phenoxy) is 1. The highest BCUT2D eigenvalue weighted by Gasteiger charge is 2.21. The van der Waals surface area contributed by atoms with Crippen molar-refractivity contribution in [2.24, 2.45) is 11.7 Å². The van der Waals surface area contributed by atoms with Crippen LogP contribution in [0.2, 0.25) is 0 Å². The minimum Gasteiger partial charge on any atom is -0.378 e. The van der Waals surface area contributed by atoms with Gasteiger partial charge in [-0.25, -0.2) is 4.98 Å². The molecule has 1 rings (SSSR count). The summed E-state index contributed by atoms with van der Waals surface area (Å²) in [6.07, 6.45) is 2.28. The van der Waals surface area contributed by atoms with Crippen molar-refractivity contribution in [2.45, 2.75) is 59.7 Å². The molecule has 0 aromatic carbocycles. The highest BCUT2D eigenvalue weighted by molar-refractivity contribution is 7.15. The minimum absolute atomic E-state index is 0.537. The first-order chi connectivity index (χ1) is 9.57. The second-order valence-corrected chi connectivity index (χ2v) is 6.58. The van der Waals surface area contributed by atoms with E-state index in [0.29, 0.717) is 25.1 Å². The molecule has 0 radical (unpaired) electrons. The van der Waals surface area contributed by atoms with Gasteiger partial charge >= 0.3 is 0 Å². The van der Waals surface area contributed by atoms with Crippen LogP contribution < -0.4 is 10.6 Å². The molecule has 0 saturated heterocycles. The molecule has 0 amide bonds. The van der Waals surface area contributed by atoms with Crippen LogP contribution in [-0.2, 0) is 17.9 Å². The zero-order valence-corrected chi connectivity index (χ0v) is 14.3. The zero-order valence-electron chi connectivity index (χ0n) is 13.5. The second-order valence-electron chi connectivity index (χ2n) is 5.52. The largest absolute Gasteiger partial charge is 0.378 e. The highest BCUT2D eigenvalue weighted by Crippen LogP contribution is 2.30. The first-order valence-electron chi connectivity index (χ1n) is 7.51. The summed E-state index contributed by atoms with van der Waals surface area (Å²) in [6, 6.07) is 0.546.